The standard InChI is InChI=1S/C19H19Cl2N3O3S/c1-13(17-9-6-15(20)12-18(17)21)24(2)19(25)14-4-7-16(8-5-14)28(26,27)23-11-3-10-22/h4-9,12-13,23H,3,11H2,1-2H3. The average molecular weight is 440 g/mol. The molecular formula is C19H19Cl2N3O3S. The number of hydrogen-bond donors (Lipinski definition) is 1. The molecule has 0 aliphatic rings. The van der Waals surface area contributed by atoms with E-state index >= 15 is 0 Å². The first-order valence-corrected chi connectivity index (χ1v) is 10.6. The third-order valence-electron chi connectivity index (χ3n) is 4.25. The molecule has 0 fully saturated rings. The quantitative estimate of drug-likeness (QED) is 0.659. The highest BCUT2D eigenvalue weighted by atomic mass is 35.5. The second kappa shape index (κ2) is 9.39. The predicted molar refractivity (Wildman–Crippen MR) is 109 cm³/mol. The van der Waals surface area contributed by atoms with Crippen molar-refractivity contribution in [2.45, 2.75) is 24.3 Å². The van der Waals surface area contributed by atoms with Crippen molar-refractivity contribution in [1.29, 1.82) is 5.26 Å². The summed E-state index contributed by atoms with van der Waals surface area (Å²) in [6.45, 7) is 1.87. The molecule has 2 aromatic carbocycles. The molecule has 0 bridgehead atoms. The van der Waals surface area contributed by atoms with Crippen LogP contribution < -0.4 is 4.72 Å². The summed E-state index contributed by atoms with van der Waals surface area (Å²) in [5.41, 5.74) is 1.10. The second-order valence-electron chi connectivity index (χ2n) is 6.09. The number of carbonyl (C=O) groups excluding carboxylic acids is 1. The Kier molecular flexibility index (Phi) is 7.44. The van der Waals surface area contributed by atoms with E-state index < -0.39 is 10.0 Å². The van der Waals surface area contributed by atoms with E-state index in [1.54, 1.807) is 25.2 Å². The maximum Gasteiger partial charge on any atom is 0.254 e. The van der Waals surface area contributed by atoms with E-state index in [1.807, 2.05) is 13.0 Å². The highest BCUT2D eigenvalue weighted by Crippen LogP contribution is 2.29. The molecule has 148 valence electrons. The molecule has 0 radical (unpaired) electrons. The predicted octanol–water partition coefficient (Wildman–Crippen LogP) is 4.02. The minimum absolute atomic E-state index is 0.0263. The first-order chi connectivity index (χ1) is 13.2. The van der Waals surface area contributed by atoms with Gasteiger partial charge in [0.25, 0.3) is 5.91 Å². The molecular weight excluding hydrogens is 421 g/mol. The van der Waals surface area contributed by atoms with E-state index in [2.05, 4.69) is 4.72 Å². The largest absolute Gasteiger partial charge is 0.335 e. The fourth-order valence-corrected chi connectivity index (χ4v) is 4.13. The smallest absolute Gasteiger partial charge is 0.254 e. The molecule has 28 heavy (non-hydrogen) atoms. The number of amides is 1. The molecule has 1 unspecified atom stereocenters. The molecule has 0 aromatic heterocycles. The topological polar surface area (TPSA) is 90.3 Å². The van der Waals surface area contributed by atoms with Crippen molar-refractivity contribution in [2.24, 2.45) is 0 Å². The summed E-state index contributed by atoms with van der Waals surface area (Å²) in [6.07, 6.45) is 0.0751. The van der Waals surface area contributed by atoms with Gasteiger partial charge in [0, 0.05) is 35.6 Å². The van der Waals surface area contributed by atoms with Crippen LogP contribution in [0.4, 0.5) is 0 Å². The van der Waals surface area contributed by atoms with Crippen molar-refractivity contribution in [1.82, 2.24) is 9.62 Å². The number of hydrogen-bond acceptors (Lipinski definition) is 4. The van der Waals surface area contributed by atoms with Crippen LogP contribution in [0.3, 0.4) is 0 Å². The number of sulfonamides is 1. The molecule has 0 saturated heterocycles. The summed E-state index contributed by atoms with van der Waals surface area (Å²) in [5, 5.41) is 9.47. The summed E-state index contributed by atoms with van der Waals surface area (Å²) in [7, 11) is -2.08. The fraction of sp³-hybridized carbons (Fsp3) is 0.263. The zero-order valence-electron chi connectivity index (χ0n) is 15.3. The highest BCUT2D eigenvalue weighted by molar-refractivity contribution is 7.89. The zero-order valence-corrected chi connectivity index (χ0v) is 17.6. The Morgan fingerprint density at radius 3 is 2.43 bits per heavy atom. The van der Waals surface area contributed by atoms with Crippen molar-refractivity contribution in [3.8, 4) is 6.07 Å². The summed E-state index contributed by atoms with van der Waals surface area (Å²) in [4.78, 5) is 14.3. The number of nitrogens with zero attached hydrogens (tertiary/aromatic N) is 2. The molecule has 0 spiro atoms. The molecule has 1 atom stereocenters. The van der Waals surface area contributed by atoms with E-state index in [0.717, 1.165) is 5.56 Å². The number of nitriles is 1. The lowest BCUT2D eigenvalue weighted by Crippen LogP contribution is -2.30. The Labute approximate surface area is 174 Å². The molecule has 0 aliphatic carbocycles. The molecule has 0 heterocycles. The molecule has 2 aromatic rings. The van der Waals surface area contributed by atoms with Gasteiger partial charge in [0.05, 0.1) is 17.0 Å². The van der Waals surface area contributed by atoms with E-state index in [4.69, 9.17) is 28.5 Å². The van der Waals surface area contributed by atoms with Crippen molar-refractivity contribution >= 4 is 39.1 Å². The van der Waals surface area contributed by atoms with Gasteiger partial charge in [0.15, 0.2) is 0 Å². The van der Waals surface area contributed by atoms with E-state index in [9.17, 15) is 13.2 Å². The Hall–Kier alpha value is -2.11. The van der Waals surface area contributed by atoms with Crippen molar-refractivity contribution in [3.05, 3.63) is 63.6 Å². The lowest BCUT2D eigenvalue weighted by molar-refractivity contribution is 0.0742. The van der Waals surface area contributed by atoms with E-state index in [0.29, 0.717) is 15.6 Å². The van der Waals surface area contributed by atoms with Gasteiger partial charge < -0.3 is 4.90 Å². The second-order valence-corrected chi connectivity index (χ2v) is 8.70. The van der Waals surface area contributed by atoms with E-state index in [1.165, 1.54) is 29.2 Å². The van der Waals surface area contributed by atoms with Crippen LogP contribution in [-0.4, -0.2) is 32.8 Å². The first kappa shape index (κ1) is 22.2. The Morgan fingerprint density at radius 2 is 1.86 bits per heavy atom. The van der Waals surface area contributed by atoms with Crippen LogP contribution in [0.5, 0.6) is 0 Å². The third-order valence-corrected chi connectivity index (χ3v) is 6.29. The lowest BCUT2D eigenvalue weighted by atomic mass is 10.1. The van der Waals surface area contributed by atoms with Gasteiger partial charge in [0.1, 0.15) is 0 Å². The highest BCUT2D eigenvalue weighted by Gasteiger charge is 2.22. The lowest BCUT2D eigenvalue weighted by Gasteiger charge is -2.26. The minimum atomic E-state index is -3.72. The van der Waals surface area contributed by atoms with Crippen LogP contribution in [0.1, 0.15) is 35.3 Å². The van der Waals surface area contributed by atoms with Gasteiger partial charge in [-0.05, 0) is 48.9 Å². The van der Waals surface area contributed by atoms with Gasteiger partial charge in [-0.25, -0.2) is 13.1 Å². The molecule has 0 aliphatic heterocycles. The Balaban J connectivity index is 2.16. The first-order valence-electron chi connectivity index (χ1n) is 8.36. The monoisotopic (exact) mass is 439 g/mol. The van der Waals surface area contributed by atoms with Crippen molar-refractivity contribution in [3.63, 3.8) is 0 Å². The van der Waals surface area contributed by atoms with Crippen LogP contribution in [0.2, 0.25) is 10.0 Å². The van der Waals surface area contributed by atoms with Crippen LogP contribution in [0.15, 0.2) is 47.4 Å². The number of nitrogens with one attached hydrogen (secondary N) is 1. The van der Waals surface area contributed by atoms with Crippen LogP contribution in [0, 0.1) is 11.3 Å². The fourth-order valence-electron chi connectivity index (χ4n) is 2.53. The van der Waals surface area contributed by atoms with Gasteiger partial charge in [-0.2, -0.15) is 5.26 Å². The van der Waals surface area contributed by atoms with Gasteiger partial charge in [-0.3, -0.25) is 4.79 Å². The molecule has 1 amide bonds. The zero-order chi connectivity index (χ0) is 20.9. The van der Waals surface area contributed by atoms with Gasteiger partial charge in [-0.1, -0.05) is 29.3 Å². The maximum atomic E-state index is 12.8. The van der Waals surface area contributed by atoms with E-state index in [-0.39, 0.29) is 29.8 Å². The normalized spacial score (nSPS) is 12.2. The minimum Gasteiger partial charge on any atom is -0.335 e. The van der Waals surface area contributed by atoms with Crippen molar-refractivity contribution in [2.75, 3.05) is 13.6 Å². The molecule has 6 nitrogen and oxygen atoms in total. The number of rotatable bonds is 7. The van der Waals surface area contributed by atoms with Crippen LogP contribution >= 0.6 is 23.2 Å². The van der Waals surface area contributed by atoms with Gasteiger partial charge in [0.2, 0.25) is 10.0 Å². The maximum absolute atomic E-state index is 12.8. The number of carbonyl (C=O) groups is 1. The molecule has 0 saturated carbocycles. The van der Waals surface area contributed by atoms with Crippen LogP contribution in [-0.2, 0) is 10.0 Å². The summed E-state index contributed by atoms with van der Waals surface area (Å²) in [5.74, 6) is -0.278. The Bertz CT molecular complexity index is 1000. The third kappa shape index (κ3) is 5.24. The Morgan fingerprint density at radius 1 is 1.21 bits per heavy atom. The number of halogens is 2. The average Bonchev–Trinajstić information content (AvgIpc) is 2.66. The van der Waals surface area contributed by atoms with Gasteiger partial charge >= 0.3 is 0 Å². The summed E-state index contributed by atoms with van der Waals surface area (Å²) >= 11 is 12.1. The SMILES string of the molecule is CC(c1ccc(Cl)cc1Cl)N(C)C(=O)c1ccc(S(=O)(=O)NCCC#N)cc1. The summed E-state index contributed by atoms with van der Waals surface area (Å²) in [6, 6.07) is 12.3. The molecule has 2 rings (SSSR count). The van der Waals surface area contributed by atoms with Gasteiger partial charge in [-0.15, -0.1) is 0 Å². The van der Waals surface area contributed by atoms with Crippen molar-refractivity contribution < 1.29 is 13.2 Å². The molecule has 1 N–H and O–H groups in total. The summed E-state index contributed by atoms with van der Waals surface area (Å²) < 4.78 is 26.6. The molecule has 9 heteroatoms. The number of benzene rings is 2. The van der Waals surface area contributed by atoms with Crippen LogP contribution in [0.25, 0.3) is 0 Å².